The van der Waals surface area contributed by atoms with Crippen molar-refractivity contribution >= 4 is 11.6 Å². The molecule has 0 saturated carbocycles. The van der Waals surface area contributed by atoms with E-state index in [0.29, 0.717) is 42.8 Å². The fourth-order valence-corrected chi connectivity index (χ4v) is 2.04. The molecule has 0 amide bonds. The Kier molecular flexibility index (Phi) is 7.73. The van der Waals surface area contributed by atoms with Crippen LogP contribution in [0.5, 0.6) is 11.5 Å². The van der Waals surface area contributed by atoms with Gasteiger partial charge in [0.25, 0.3) is 0 Å². The number of benzene rings is 1. The maximum atomic E-state index is 9.23. The second-order valence-corrected chi connectivity index (χ2v) is 5.07. The number of aliphatic hydroxyl groups excluding tert-OH is 1. The summed E-state index contributed by atoms with van der Waals surface area (Å²) >= 11 is 6.27. The number of nitrogens with one attached hydrogen (secondary N) is 1. The molecule has 1 rings (SSSR count). The summed E-state index contributed by atoms with van der Waals surface area (Å²) in [5, 5.41) is 12.9. The first-order valence-corrected chi connectivity index (χ1v) is 7.43. The molecule has 0 aliphatic carbocycles. The first-order chi connectivity index (χ1) is 9.58. The number of halogens is 1. The van der Waals surface area contributed by atoms with Gasteiger partial charge in [0.1, 0.15) is 0 Å². The third kappa shape index (κ3) is 5.57. The standard InChI is InChI=1S/C15H24ClNO3/c1-4-6-20-15-13(16)7-12(8-14(15)19-5-2)10-17-9-11(3)18/h7-8,11,17-18H,4-6,9-10H2,1-3H3. The number of aliphatic hydroxyl groups is 1. The summed E-state index contributed by atoms with van der Waals surface area (Å²) in [4.78, 5) is 0. The number of rotatable bonds is 9. The van der Waals surface area contributed by atoms with Crippen molar-refractivity contribution in [3.8, 4) is 11.5 Å². The molecular formula is C15H24ClNO3. The summed E-state index contributed by atoms with van der Waals surface area (Å²) in [7, 11) is 0. The van der Waals surface area contributed by atoms with Crippen LogP contribution < -0.4 is 14.8 Å². The van der Waals surface area contributed by atoms with Crippen LogP contribution in [-0.4, -0.2) is 31.0 Å². The molecule has 1 atom stereocenters. The van der Waals surface area contributed by atoms with Crippen LogP contribution in [0.25, 0.3) is 0 Å². The normalized spacial score (nSPS) is 12.2. The molecule has 5 heteroatoms. The van der Waals surface area contributed by atoms with E-state index in [0.717, 1.165) is 12.0 Å². The van der Waals surface area contributed by atoms with E-state index < -0.39 is 0 Å². The van der Waals surface area contributed by atoms with Gasteiger partial charge in [0, 0.05) is 13.1 Å². The molecule has 4 nitrogen and oxygen atoms in total. The quantitative estimate of drug-likeness (QED) is 0.736. The van der Waals surface area contributed by atoms with E-state index in [4.69, 9.17) is 21.1 Å². The molecule has 0 aliphatic rings. The van der Waals surface area contributed by atoms with Gasteiger partial charge in [-0.05, 0) is 38.0 Å². The molecule has 0 spiro atoms. The summed E-state index contributed by atoms with van der Waals surface area (Å²) < 4.78 is 11.2. The van der Waals surface area contributed by atoms with E-state index in [9.17, 15) is 5.11 Å². The molecular weight excluding hydrogens is 278 g/mol. The maximum Gasteiger partial charge on any atom is 0.179 e. The Hall–Kier alpha value is -0.970. The molecule has 2 N–H and O–H groups in total. The second-order valence-electron chi connectivity index (χ2n) is 4.67. The molecule has 0 aliphatic heterocycles. The van der Waals surface area contributed by atoms with Gasteiger partial charge in [-0.15, -0.1) is 0 Å². The third-order valence-electron chi connectivity index (χ3n) is 2.59. The van der Waals surface area contributed by atoms with Gasteiger partial charge < -0.3 is 19.9 Å². The smallest absolute Gasteiger partial charge is 0.179 e. The van der Waals surface area contributed by atoms with Crippen molar-refractivity contribution in [2.75, 3.05) is 19.8 Å². The lowest BCUT2D eigenvalue weighted by Crippen LogP contribution is -2.23. The lowest BCUT2D eigenvalue weighted by molar-refractivity contribution is 0.191. The van der Waals surface area contributed by atoms with Gasteiger partial charge in [-0.25, -0.2) is 0 Å². The lowest BCUT2D eigenvalue weighted by atomic mass is 10.2. The van der Waals surface area contributed by atoms with E-state index in [2.05, 4.69) is 5.32 Å². The summed E-state index contributed by atoms with van der Waals surface area (Å²) in [6, 6.07) is 3.79. The topological polar surface area (TPSA) is 50.7 Å². The molecule has 0 bridgehead atoms. The van der Waals surface area contributed by atoms with Gasteiger partial charge in [0.15, 0.2) is 11.5 Å². The Labute approximate surface area is 126 Å². The van der Waals surface area contributed by atoms with Crippen molar-refractivity contribution in [3.05, 3.63) is 22.7 Å². The van der Waals surface area contributed by atoms with Crippen molar-refractivity contribution in [1.82, 2.24) is 5.32 Å². The van der Waals surface area contributed by atoms with Crippen LogP contribution in [0, 0.1) is 0 Å². The minimum absolute atomic E-state index is 0.371. The minimum atomic E-state index is -0.371. The fraction of sp³-hybridized carbons (Fsp3) is 0.600. The van der Waals surface area contributed by atoms with Gasteiger partial charge in [-0.1, -0.05) is 18.5 Å². The third-order valence-corrected chi connectivity index (χ3v) is 2.87. The average molecular weight is 302 g/mol. The highest BCUT2D eigenvalue weighted by Gasteiger charge is 2.12. The highest BCUT2D eigenvalue weighted by atomic mass is 35.5. The first kappa shape index (κ1) is 17.1. The van der Waals surface area contributed by atoms with Crippen LogP contribution in [0.1, 0.15) is 32.8 Å². The van der Waals surface area contributed by atoms with Gasteiger partial charge in [-0.2, -0.15) is 0 Å². The van der Waals surface area contributed by atoms with Crippen LogP contribution in [0.2, 0.25) is 5.02 Å². The minimum Gasteiger partial charge on any atom is -0.490 e. The van der Waals surface area contributed by atoms with Gasteiger partial charge in [-0.3, -0.25) is 0 Å². The molecule has 0 heterocycles. The molecule has 0 radical (unpaired) electrons. The highest BCUT2D eigenvalue weighted by molar-refractivity contribution is 6.32. The first-order valence-electron chi connectivity index (χ1n) is 7.05. The van der Waals surface area contributed by atoms with Gasteiger partial charge >= 0.3 is 0 Å². The van der Waals surface area contributed by atoms with Crippen LogP contribution in [0.15, 0.2) is 12.1 Å². The SMILES string of the molecule is CCCOc1c(Cl)cc(CNCC(C)O)cc1OCC. The van der Waals surface area contributed by atoms with Crippen LogP contribution in [0.4, 0.5) is 0 Å². The monoisotopic (exact) mass is 301 g/mol. The van der Waals surface area contributed by atoms with Crippen molar-refractivity contribution in [3.63, 3.8) is 0 Å². The lowest BCUT2D eigenvalue weighted by Gasteiger charge is -2.15. The Morgan fingerprint density at radius 3 is 2.65 bits per heavy atom. The van der Waals surface area contributed by atoms with E-state index >= 15 is 0 Å². The predicted molar refractivity (Wildman–Crippen MR) is 81.8 cm³/mol. The van der Waals surface area contributed by atoms with E-state index in [-0.39, 0.29) is 6.10 Å². The fourth-order valence-electron chi connectivity index (χ4n) is 1.76. The summed E-state index contributed by atoms with van der Waals surface area (Å²) in [5.74, 6) is 1.27. The van der Waals surface area contributed by atoms with Crippen molar-refractivity contribution in [2.45, 2.75) is 39.8 Å². The van der Waals surface area contributed by atoms with E-state index in [1.54, 1.807) is 6.92 Å². The van der Waals surface area contributed by atoms with Crippen LogP contribution >= 0.6 is 11.6 Å². The molecule has 114 valence electrons. The maximum absolute atomic E-state index is 9.23. The van der Waals surface area contributed by atoms with Gasteiger partial charge in [0.2, 0.25) is 0 Å². The molecule has 1 unspecified atom stereocenters. The van der Waals surface area contributed by atoms with Crippen molar-refractivity contribution in [2.24, 2.45) is 0 Å². The van der Waals surface area contributed by atoms with Crippen molar-refractivity contribution in [1.29, 1.82) is 0 Å². The molecule has 0 saturated heterocycles. The zero-order valence-electron chi connectivity index (χ0n) is 12.4. The molecule has 20 heavy (non-hydrogen) atoms. The second kappa shape index (κ2) is 9.06. The number of hydrogen-bond acceptors (Lipinski definition) is 4. The van der Waals surface area contributed by atoms with E-state index in [1.165, 1.54) is 0 Å². The summed E-state index contributed by atoms with van der Waals surface area (Å²) in [6.45, 7) is 8.04. The zero-order valence-corrected chi connectivity index (χ0v) is 13.2. The predicted octanol–water partition coefficient (Wildman–Crippen LogP) is 3.00. The number of hydrogen-bond donors (Lipinski definition) is 2. The van der Waals surface area contributed by atoms with Crippen LogP contribution in [0.3, 0.4) is 0 Å². The summed E-state index contributed by atoms with van der Waals surface area (Å²) in [6.07, 6.45) is 0.545. The summed E-state index contributed by atoms with van der Waals surface area (Å²) in [5.41, 5.74) is 1.00. The average Bonchev–Trinajstić information content (AvgIpc) is 2.38. The Morgan fingerprint density at radius 1 is 1.30 bits per heavy atom. The molecule has 0 fully saturated rings. The number of ether oxygens (including phenoxy) is 2. The largest absolute Gasteiger partial charge is 0.490 e. The molecule has 1 aromatic rings. The van der Waals surface area contributed by atoms with E-state index in [1.807, 2.05) is 26.0 Å². The Balaban J connectivity index is 2.82. The van der Waals surface area contributed by atoms with Gasteiger partial charge in [0.05, 0.1) is 24.3 Å². The zero-order chi connectivity index (χ0) is 15.0. The van der Waals surface area contributed by atoms with Crippen molar-refractivity contribution < 1.29 is 14.6 Å². The molecule has 0 aromatic heterocycles. The molecule has 1 aromatic carbocycles. The van der Waals surface area contributed by atoms with Crippen LogP contribution in [-0.2, 0) is 6.54 Å². The Morgan fingerprint density at radius 2 is 2.05 bits per heavy atom. The Bertz CT molecular complexity index is 410. The highest BCUT2D eigenvalue weighted by Crippen LogP contribution is 2.36.